The van der Waals surface area contributed by atoms with Crippen LogP contribution in [0.4, 0.5) is 0 Å². The minimum absolute atomic E-state index is 0.0470. The van der Waals surface area contributed by atoms with E-state index in [1.807, 2.05) is 19.1 Å². The summed E-state index contributed by atoms with van der Waals surface area (Å²) < 4.78 is 12.5. The summed E-state index contributed by atoms with van der Waals surface area (Å²) in [6, 6.07) is 10.5. The van der Waals surface area contributed by atoms with Gasteiger partial charge < -0.3 is 9.47 Å². The molecule has 2 aromatic rings. The number of carbonyl (C=O) groups is 2. The number of amides is 2. The maximum Gasteiger partial charge on any atom is 0.276 e. The summed E-state index contributed by atoms with van der Waals surface area (Å²) in [5.41, 5.74) is 6.30. The topological polar surface area (TPSA) is 88.7 Å². The third-order valence-corrected chi connectivity index (χ3v) is 5.38. The van der Waals surface area contributed by atoms with Crippen molar-refractivity contribution < 1.29 is 19.1 Å². The van der Waals surface area contributed by atoms with Gasteiger partial charge in [0, 0.05) is 5.56 Å². The number of aryl methyl sites for hydroxylation is 1. The minimum Gasteiger partial charge on any atom is -0.492 e. The molecule has 2 amide bonds. The SMILES string of the molecule is CCCCOc1ccc(C(=O)NC(=S)NNC(=O)COc2ccc(C)cc2Br)cc1Br. The first-order valence-electron chi connectivity index (χ1n) is 9.51. The Bertz CT molecular complexity index is 956. The Morgan fingerprint density at radius 2 is 1.68 bits per heavy atom. The molecule has 0 aliphatic rings. The van der Waals surface area contributed by atoms with Gasteiger partial charge in [-0.1, -0.05) is 19.4 Å². The van der Waals surface area contributed by atoms with Crippen molar-refractivity contribution >= 4 is 61.0 Å². The van der Waals surface area contributed by atoms with E-state index in [-0.39, 0.29) is 11.7 Å². The highest BCUT2D eigenvalue weighted by Crippen LogP contribution is 2.26. The van der Waals surface area contributed by atoms with Crippen molar-refractivity contribution in [3.63, 3.8) is 0 Å². The van der Waals surface area contributed by atoms with Crippen LogP contribution < -0.4 is 25.6 Å². The molecule has 0 saturated carbocycles. The number of thiocarbonyl (C=S) groups is 1. The fourth-order valence-electron chi connectivity index (χ4n) is 2.32. The molecule has 0 unspecified atom stereocenters. The second kappa shape index (κ2) is 12.6. The Balaban J connectivity index is 1.77. The van der Waals surface area contributed by atoms with Crippen LogP contribution >= 0.6 is 44.1 Å². The molecular weight excluding hydrogens is 550 g/mol. The fourth-order valence-corrected chi connectivity index (χ4v) is 3.57. The third kappa shape index (κ3) is 8.47. The highest BCUT2D eigenvalue weighted by atomic mass is 79.9. The van der Waals surface area contributed by atoms with Gasteiger partial charge in [-0.2, -0.15) is 0 Å². The Morgan fingerprint density at radius 3 is 2.35 bits per heavy atom. The zero-order chi connectivity index (χ0) is 22.8. The largest absolute Gasteiger partial charge is 0.492 e. The van der Waals surface area contributed by atoms with E-state index in [0.29, 0.717) is 28.1 Å². The van der Waals surface area contributed by atoms with E-state index < -0.39 is 11.8 Å². The first-order chi connectivity index (χ1) is 14.8. The maximum atomic E-state index is 12.4. The first kappa shape index (κ1) is 25.1. The first-order valence-corrected chi connectivity index (χ1v) is 11.5. The molecule has 0 atom stereocenters. The molecule has 0 aromatic heterocycles. The molecule has 0 heterocycles. The second-order valence-corrected chi connectivity index (χ2v) is 8.64. The predicted molar refractivity (Wildman–Crippen MR) is 130 cm³/mol. The quantitative estimate of drug-likeness (QED) is 0.247. The van der Waals surface area contributed by atoms with E-state index in [1.165, 1.54) is 0 Å². The molecule has 0 spiro atoms. The van der Waals surface area contributed by atoms with Gasteiger partial charge in [-0.25, -0.2) is 0 Å². The van der Waals surface area contributed by atoms with Crippen molar-refractivity contribution in [3.05, 3.63) is 56.5 Å². The van der Waals surface area contributed by atoms with Gasteiger partial charge in [0.25, 0.3) is 11.8 Å². The maximum absolute atomic E-state index is 12.4. The van der Waals surface area contributed by atoms with Gasteiger partial charge in [-0.3, -0.25) is 25.8 Å². The second-order valence-electron chi connectivity index (χ2n) is 6.53. The lowest BCUT2D eigenvalue weighted by molar-refractivity contribution is -0.123. The number of carbonyl (C=O) groups excluding carboxylic acids is 2. The average molecular weight is 573 g/mol. The van der Waals surface area contributed by atoms with Crippen LogP contribution in [0.3, 0.4) is 0 Å². The third-order valence-electron chi connectivity index (χ3n) is 3.94. The molecule has 0 saturated heterocycles. The van der Waals surface area contributed by atoms with E-state index in [0.717, 1.165) is 22.9 Å². The lowest BCUT2D eigenvalue weighted by Gasteiger charge is -2.13. The lowest BCUT2D eigenvalue weighted by Crippen LogP contribution is -2.49. The average Bonchev–Trinajstić information content (AvgIpc) is 2.72. The molecule has 0 bridgehead atoms. The molecule has 7 nitrogen and oxygen atoms in total. The van der Waals surface area contributed by atoms with Crippen LogP contribution in [0.25, 0.3) is 0 Å². The molecule has 31 heavy (non-hydrogen) atoms. The van der Waals surface area contributed by atoms with Crippen molar-refractivity contribution in [1.82, 2.24) is 16.2 Å². The molecule has 0 fully saturated rings. The van der Waals surface area contributed by atoms with Gasteiger partial charge in [-0.05, 0) is 93.3 Å². The Morgan fingerprint density at radius 1 is 1.00 bits per heavy atom. The normalized spacial score (nSPS) is 10.2. The van der Waals surface area contributed by atoms with Crippen LogP contribution in [0.1, 0.15) is 35.7 Å². The Labute approximate surface area is 203 Å². The molecule has 3 N–H and O–H groups in total. The van der Waals surface area contributed by atoms with Crippen molar-refractivity contribution in [1.29, 1.82) is 0 Å². The smallest absolute Gasteiger partial charge is 0.276 e. The van der Waals surface area contributed by atoms with Crippen LogP contribution in [0.2, 0.25) is 0 Å². The van der Waals surface area contributed by atoms with E-state index in [1.54, 1.807) is 24.3 Å². The molecule has 166 valence electrons. The summed E-state index contributed by atoms with van der Waals surface area (Å²) in [7, 11) is 0. The highest BCUT2D eigenvalue weighted by molar-refractivity contribution is 9.10. The van der Waals surface area contributed by atoms with Crippen LogP contribution in [0.5, 0.6) is 11.5 Å². The summed E-state index contributed by atoms with van der Waals surface area (Å²) in [5, 5.41) is 2.45. The fraction of sp³-hybridized carbons (Fsp3) is 0.286. The summed E-state index contributed by atoms with van der Waals surface area (Å²) >= 11 is 11.8. The zero-order valence-electron chi connectivity index (χ0n) is 17.1. The molecule has 0 aliphatic heterocycles. The summed E-state index contributed by atoms with van der Waals surface area (Å²) in [6.07, 6.45) is 1.99. The van der Waals surface area contributed by atoms with Gasteiger partial charge in [-0.15, -0.1) is 0 Å². The van der Waals surface area contributed by atoms with Crippen LogP contribution in [-0.4, -0.2) is 30.1 Å². The monoisotopic (exact) mass is 571 g/mol. The lowest BCUT2D eigenvalue weighted by atomic mass is 10.2. The van der Waals surface area contributed by atoms with Crippen LogP contribution in [-0.2, 0) is 4.79 Å². The number of halogens is 2. The van der Waals surface area contributed by atoms with E-state index in [4.69, 9.17) is 21.7 Å². The molecule has 0 radical (unpaired) electrons. The standard InChI is InChI=1S/C21H23Br2N3O4S/c1-3-4-9-29-17-8-6-14(11-16(17)23)20(28)24-21(31)26-25-19(27)12-30-18-7-5-13(2)10-15(18)22/h5-8,10-11H,3-4,9,12H2,1-2H3,(H,25,27)(H2,24,26,28,31). The highest BCUT2D eigenvalue weighted by Gasteiger charge is 2.12. The Hall–Kier alpha value is -2.17. The number of nitrogens with one attached hydrogen (secondary N) is 3. The van der Waals surface area contributed by atoms with E-state index >= 15 is 0 Å². The van der Waals surface area contributed by atoms with E-state index in [2.05, 4.69) is 55.0 Å². The van der Waals surface area contributed by atoms with Gasteiger partial charge in [0.15, 0.2) is 11.7 Å². The van der Waals surface area contributed by atoms with Gasteiger partial charge in [0.05, 0.1) is 15.6 Å². The number of benzene rings is 2. The zero-order valence-corrected chi connectivity index (χ0v) is 21.1. The molecule has 0 aliphatic carbocycles. The van der Waals surface area contributed by atoms with Crippen molar-refractivity contribution in [2.24, 2.45) is 0 Å². The molecular formula is C21H23Br2N3O4S. The minimum atomic E-state index is -0.458. The van der Waals surface area contributed by atoms with Gasteiger partial charge in [0.2, 0.25) is 0 Å². The Kier molecular flexibility index (Phi) is 10.2. The van der Waals surface area contributed by atoms with Crippen molar-refractivity contribution in [2.45, 2.75) is 26.7 Å². The van der Waals surface area contributed by atoms with E-state index in [9.17, 15) is 9.59 Å². The molecule has 10 heteroatoms. The summed E-state index contributed by atoms with van der Waals surface area (Å²) in [5.74, 6) is 0.329. The van der Waals surface area contributed by atoms with Gasteiger partial charge in [0.1, 0.15) is 11.5 Å². The van der Waals surface area contributed by atoms with Crippen LogP contribution in [0, 0.1) is 6.92 Å². The van der Waals surface area contributed by atoms with Crippen molar-refractivity contribution in [2.75, 3.05) is 13.2 Å². The molecule has 2 rings (SSSR count). The number of ether oxygens (including phenoxy) is 2. The summed E-state index contributed by atoms with van der Waals surface area (Å²) in [6.45, 7) is 4.42. The number of rotatable bonds is 8. The van der Waals surface area contributed by atoms with Crippen LogP contribution in [0.15, 0.2) is 45.3 Å². The number of hydrogen-bond donors (Lipinski definition) is 3. The van der Waals surface area contributed by atoms with Crippen molar-refractivity contribution in [3.8, 4) is 11.5 Å². The number of hydrazine groups is 1. The predicted octanol–water partition coefficient (Wildman–Crippen LogP) is 4.41. The summed E-state index contributed by atoms with van der Waals surface area (Å²) in [4.78, 5) is 24.3. The number of hydrogen-bond acceptors (Lipinski definition) is 5. The van der Waals surface area contributed by atoms with Gasteiger partial charge >= 0.3 is 0 Å². The molecule has 2 aromatic carbocycles. The number of unbranched alkanes of at least 4 members (excludes halogenated alkanes) is 1.